The van der Waals surface area contributed by atoms with E-state index < -0.39 is 17.4 Å². The van der Waals surface area contributed by atoms with Crippen LogP contribution in [0.15, 0.2) is 21.7 Å². The number of carbonyl (C=O) groups is 1. The molecule has 104 valence electrons. The Morgan fingerprint density at radius 2 is 1.84 bits per heavy atom. The first-order chi connectivity index (χ1) is 9.02. The molecule has 1 atom stereocenters. The fraction of sp³-hybridized carbons (Fsp3) is 0.615. The predicted octanol–water partition coefficient (Wildman–Crippen LogP) is 0.896. The van der Waals surface area contributed by atoms with Crippen molar-refractivity contribution in [3.8, 4) is 0 Å². The molecule has 1 unspecified atom stereocenters. The number of nitrogens with one attached hydrogen (secondary N) is 1. The van der Waals surface area contributed by atoms with E-state index >= 15 is 0 Å². The number of allylic oxidation sites excluding steroid dienone is 1. The van der Waals surface area contributed by atoms with Crippen molar-refractivity contribution in [2.75, 3.05) is 0 Å². The topological polar surface area (TPSA) is 76.9 Å². The Bertz CT molecular complexity index is 605. The van der Waals surface area contributed by atoms with Gasteiger partial charge in [-0.05, 0) is 24.8 Å². The summed E-state index contributed by atoms with van der Waals surface area (Å²) in [5.41, 5.74) is -0.429. The minimum Gasteiger partial charge on any atom is -0.292 e. The summed E-state index contributed by atoms with van der Waals surface area (Å²) in [5, 5.41) is 2.45. The number of rotatable bonds is 1. The van der Waals surface area contributed by atoms with Crippen LogP contribution in [-0.2, 0) is 11.8 Å². The molecule has 6 heteroatoms. The molecule has 0 radical (unpaired) electrons. The Morgan fingerprint density at radius 3 is 2.47 bits per heavy atom. The lowest BCUT2D eigenvalue weighted by Gasteiger charge is -2.15. The van der Waals surface area contributed by atoms with Crippen LogP contribution in [0.1, 0.15) is 44.6 Å². The highest BCUT2D eigenvalue weighted by Gasteiger charge is 2.26. The van der Waals surface area contributed by atoms with Gasteiger partial charge in [0, 0.05) is 7.05 Å². The van der Waals surface area contributed by atoms with Gasteiger partial charge in [-0.3, -0.25) is 4.79 Å². The van der Waals surface area contributed by atoms with Gasteiger partial charge in [0.05, 0.1) is 0 Å². The average molecular weight is 265 g/mol. The summed E-state index contributed by atoms with van der Waals surface area (Å²) in [6, 6.07) is -0.619. The van der Waals surface area contributed by atoms with Crippen molar-refractivity contribution >= 4 is 5.78 Å². The van der Waals surface area contributed by atoms with Crippen molar-refractivity contribution in [2.24, 2.45) is 7.05 Å². The number of aromatic amines is 1. The molecule has 1 aliphatic rings. The lowest BCUT2D eigenvalue weighted by Crippen LogP contribution is -2.32. The van der Waals surface area contributed by atoms with E-state index in [4.69, 9.17) is 0 Å². The molecule has 2 rings (SSSR count). The molecule has 19 heavy (non-hydrogen) atoms. The summed E-state index contributed by atoms with van der Waals surface area (Å²) in [6.07, 6.45) is 5.16. The van der Waals surface area contributed by atoms with Gasteiger partial charge >= 0.3 is 11.4 Å². The van der Waals surface area contributed by atoms with Crippen LogP contribution in [0.5, 0.6) is 0 Å². The third-order valence-corrected chi connectivity index (χ3v) is 3.68. The van der Waals surface area contributed by atoms with Crippen molar-refractivity contribution in [2.45, 2.75) is 44.6 Å². The highest BCUT2D eigenvalue weighted by atomic mass is 16.2. The second kappa shape index (κ2) is 5.42. The van der Waals surface area contributed by atoms with E-state index in [1.165, 1.54) is 7.05 Å². The molecule has 6 nitrogen and oxygen atoms in total. The second-order valence-electron chi connectivity index (χ2n) is 5.07. The average Bonchev–Trinajstić information content (AvgIpc) is 2.68. The fourth-order valence-corrected chi connectivity index (χ4v) is 2.45. The van der Waals surface area contributed by atoms with Gasteiger partial charge in [0.25, 0.3) is 0 Å². The van der Waals surface area contributed by atoms with Crippen LogP contribution in [0.3, 0.4) is 0 Å². The number of hydrogen-bond acceptors (Lipinski definition) is 3. The zero-order valence-electron chi connectivity index (χ0n) is 11.1. The van der Waals surface area contributed by atoms with Crippen LogP contribution in [0.4, 0.5) is 0 Å². The molecular weight excluding hydrogens is 246 g/mol. The summed E-state index contributed by atoms with van der Waals surface area (Å²) in [7, 11) is 1.39. The van der Waals surface area contributed by atoms with Crippen molar-refractivity contribution in [1.29, 1.82) is 0 Å². The molecular formula is C13H19N3O3. The van der Waals surface area contributed by atoms with Gasteiger partial charge in [-0.25, -0.2) is 23.9 Å². The smallest absolute Gasteiger partial charge is 0.292 e. The van der Waals surface area contributed by atoms with Crippen LogP contribution in [0.25, 0.3) is 0 Å². The van der Waals surface area contributed by atoms with E-state index in [-0.39, 0.29) is 5.78 Å². The molecule has 0 aliphatic heterocycles. The summed E-state index contributed by atoms with van der Waals surface area (Å²) >= 11 is 0. The number of hydrogen-bond donors (Lipinski definition) is 1. The molecule has 1 fully saturated rings. The minimum atomic E-state index is -0.619. The first-order valence-electron chi connectivity index (χ1n) is 6.62. The Morgan fingerprint density at radius 1 is 1.16 bits per heavy atom. The Hall–Kier alpha value is -1.85. The Labute approximate surface area is 110 Å². The number of aromatic nitrogens is 3. The molecule has 1 heterocycles. The molecule has 1 aliphatic carbocycles. The maximum Gasteiger partial charge on any atom is 0.347 e. The summed E-state index contributed by atoms with van der Waals surface area (Å²) in [4.78, 5) is 35.7. The fourth-order valence-electron chi connectivity index (χ4n) is 2.45. The molecule has 1 aromatic rings. The standard InChI is InChI=1S/C13H19N3O3/c1-9-7-5-3-4-6-8-10(11(9)17)16-13(19)15(2)12(18)14-16/h10H,1,3-8H2,2H3,(H,14,18). The number of ketones is 1. The Kier molecular flexibility index (Phi) is 3.87. The zero-order chi connectivity index (χ0) is 14.0. The van der Waals surface area contributed by atoms with E-state index in [2.05, 4.69) is 11.7 Å². The molecule has 0 amide bonds. The summed E-state index contributed by atoms with van der Waals surface area (Å²) in [6.45, 7) is 3.81. The van der Waals surface area contributed by atoms with Gasteiger partial charge in [0.2, 0.25) is 0 Å². The highest BCUT2D eigenvalue weighted by molar-refractivity contribution is 5.97. The molecule has 1 saturated carbocycles. The van der Waals surface area contributed by atoms with E-state index in [0.29, 0.717) is 18.4 Å². The normalized spacial score (nSPS) is 21.8. The van der Waals surface area contributed by atoms with Gasteiger partial charge < -0.3 is 0 Å². The molecule has 0 bridgehead atoms. The zero-order valence-corrected chi connectivity index (χ0v) is 11.1. The molecule has 0 aromatic carbocycles. The monoisotopic (exact) mass is 265 g/mol. The maximum absolute atomic E-state index is 12.3. The number of carbonyl (C=O) groups excluding carboxylic acids is 1. The van der Waals surface area contributed by atoms with E-state index in [1.807, 2.05) is 0 Å². The first kappa shape index (κ1) is 13.6. The lowest BCUT2D eigenvalue weighted by molar-refractivity contribution is -0.119. The SMILES string of the molecule is C=C1CCCCCCC(n2[nH]c(=O)n(C)c2=O)C1=O. The number of H-pyrrole nitrogens is 1. The van der Waals surface area contributed by atoms with E-state index in [9.17, 15) is 14.4 Å². The van der Waals surface area contributed by atoms with Crippen molar-refractivity contribution < 1.29 is 4.79 Å². The van der Waals surface area contributed by atoms with Gasteiger partial charge in [-0.15, -0.1) is 0 Å². The second-order valence-corrected chi connectivity index (χ2v) is 5.07. The van der Waals surface area contributed by atoms with Crippen LogP contribution < -0.4 is 11.4 Å². The highest BCUT2D eigenvalue weighted by Crippen LogP contribution is 2.23. The molecule has 0 saturated heterocycles. The van der Waals surface area contributed by atoms with Crippen molar-refractivity contribution in [3.05, 3.63) is 33.1 Å². The van der Waals surface area contributed by atoms with Gasteiger partial charge in [0.1, 0.15) is 6.04 Å². The molecule has 1 N–H and O–H groups in total. The summed E-state index contributed by atoms with van der Waals surface area (Å²) < 4.78 is 2.13. The Balaban J connectivity index is 2.40. The van der Waals surface area contributed by atoms with Gasteiger partial charge in [-0.1, -0.05) is 25.8 Å². The largest absolute Gasteiger partial charge is 0.347 e. The van der Waals surface area contributed by atoms with Crippen molar-refractivity contribution in [1.82, 2.24) is 14.3 Å². The lowest BCUT2D eigenvalue weighted by atomic mass is 10.00. The van der Waals surface area contributed by atoms with Crippen LogP contribution >= 0.6 is 0 Å². The summed E-state index contributed by atoms with van der Waals surface area (Å²) in [5.74, 6) is -0.133. The maximum atomic E-state index is 12.3. The van der Waals surface area contributed by atoms with Gasteiger partial charge in [0.15, 0.2) is 5.78 Å². The van der Waals surface area contributed by atoms with Crippen LogP contribution in [0.2, 0.25) is 0 Å². The van der Waals surface area contributed by atoms with Gasteiger partial charge in [-0.2, -0.15) is 0 Å². The number of Topliss-reactive ketones (excluding diaryl/α,β-unsaturated/α-hetero) is 1. The predicted molar refractivity (Wildman–Crippen MR) is 71.2 cm³/mol. The first-order valence-corrected chi connectivity index (χ1v) is 6.62. The third-order valence-electron chi connectivity index (χ3n) is 3.68. The molecule has 1 aromatic heterocycles. The van der Waals surface area contributed by atoms with E-state index in [0.717, 1.165) is 34.9 Å². The molecule has 0 spiro atoms. The van der Waals surface area contributed by atoms with E-state index in [1.54, 1.807) is 0 Å². The van der Waals surface area contributed by atoms with Crippen LogP contribution in [-0.4, -0.2) is 20.1 Å². The van der Waals surface area contributed by atoms with Crippen LogP contribution in [0, 0.1) is 0 Å². The van der Waals surface area contributed by atoms with Crippen molar-refractivity contribution in [3.63, 3.8) is 0 Å². The third kappa shape index (κ3) is 2.62. The number of nitrogens with zero attached hydrogens (tertiary/aromatic N) is 2. The minimum absolute atomic E-state index is 0.133. The quantitative estimate of drug-likeness (QED) is 0.766.